The highest BCUT2D eigenvalue weighted by molar-refractivity contribution is 6.35. The molecule has 0 bridgehead atoms. The van der Waals surface area contributed by atoms with Gasteiger partial charge in [-0.1, -0.05) is 23.7 Å². The SMILES string of the molecule is [B]c1ccccc1N(C)C. The van der Waals surface area contributed by atoms with Gasteiger partial charge in [0.2, 0.25) is 0 Å². The normalized spacial score (nSPS) is 9.40. The van der Waals surface area contributed by atoms with Crippen LogP contribution in [0.1, 0.15) is 0 Å². The van der Waals surface area contributed by atoms with E-state index in [-0.39, 0.29) is 0 Å². The summed E-state index contributed by atoms with van der Waals surface area (Å²) >= 11 is 0. The van der Waals surface area contributed by atoms with Crippen molar-refractivity contribution in [3.8, 4) is 0 Å². The molecule has 0 atom stereocenters. The van der Waals surface area contributed by atoms with Gasteiger partial charge in [-0.2, -0.15) is 0 Å². The van der Waals surface area contributed by atoms with E-state index < -0.39 is 0 Å². The average molecular weight is 131 g/mol. The predicted octanol–water partition coefficient (Wildman–Crippen LogP) is 0.546. The standard InChI is InChI=1S/C8H10BN/c1-10(2)8-6-4-3-5-7(8)9/h3-6H,1-2H3. The van der Waals surface area contributed by atoms with Gasteiger partial charge in [-0.05, 0) is 6.07 Å². The minimum Gasteiger partial charge on any atom is -0.378 e. The lowest BCUT2D eigenvalue weighted by Gasteiger charge is -2.14. The Morgan fingerprint density at radius 3 is 2.20 bits per heavy atom. The first-order valence-corrected chi connectivity index (χ1v) is 3.23. The molecule has 2 radical (unpaired) electrons. The molecule has 1 aromatic carbocycles. The second kappa shape index (κ2) is 2.78. The minimum absolute atomic E-state index is 0.826. The van der Waals surface area contributed by atoms with Crippen LogP contribution in [0.2, 0.25) is 0 Å². The lowest BCUT2D eigenvalue weighted by molar-refractivity contribution is 1.14. The fraction of sp³-hybridized carbons (Fsp3) is 0.250. The number of rotatable bonds is 1. The Hall–Kier alpha value is -0.915. The van der Waals surface area contributed by atoms with Gasteiger partial charge in [0, 0.05) is 19.8 Å². The first kappa shape index (κ1) is 7.20. The molecule has 10 heavy (non-hydrogen) atoms. The molecule has 0 unspecified atom stereocenters. The molecule has 1 nitrogen and oxygen atoms in total. The Morgan fingerprint density at radius 2 is 1.80 bits per heavy atom. The Bertz CT molecular complexity index is 220. The Balaban J connectivity index is 3.03. The fourth-order valence-electron chi connectivity index (χ4n) is 0.895. The maximum absolute atomic E-state index is 5.68. The summed E-state index contributed by atoms with van der Waals surface area (Å²) in [4.78, 5) is 2.00. The van der Waals surface area contributed by atoms with Crippen molar-refractivity contribution in [1.82, 2.24) is 0 Å². The van der Waals surface area contributed by atoms with Gasteiger partial charge in [-0.25, -0.2) is 0 Å². The fourth-order valence-corrected chi connectivity index (χ4v) is 0.895. The minimum atomic E-state index is 0.826. The zero-order chi connectivity index (χ0) is 7.56. The van der Waals surface area contributed by atoms with Crippen molar-refractivity contribution in [3.05, 3.63) is 24.3 Å². The molecular formula is C8H10BN. The van der Waals surface area contributed by atoms with Crippen molar-refractivity contribution in [1.29, 1.82) is 0 Å². The summed E-state index contributed by atoms with van der Waals surface area (Å²) in [5, 5.41) is 0. The maximum Gasteiger partial charge on any atom is 0.116 e. The van der Waals surface area contributed by atoms with Gasteiger partial charge in [0.25, 0.3) is 0 Å². The molecule has 0 aliphatic heterocycles. The van der Waals surface area contributed by atoms with Gasteiger partial charge in [0.05, 0.1) is 0 Å². The smallest absolute Gasteiger partial charge is 0.116 e. The van der Waals surface area contributed by atoms with E-state index in [1.165, 1.54) is 0 Å². The van der Waals surface area contributed by atoms with Crippen LogP contribution in [0, 0.1) is 0 Å². The van der Waals surface area contributed by atoms with E-state index in [1.54, 1.807) is 0 Å². The van der Waals surface area contributed by atoms with Gasteiger partial charge >= 0.3 is 0 Å². The van der Waals surface area contributed by atoms with Crippen LogP contribution < -0.4 is 10.4 Å². The number of hydrogen-bond acceptors (Lipinski definition) is 1. The summed E-state index contributed by atoms with van der Waals surface area (Å²) < 4.78 is 0. The predicted molar refractivity (Wildman–Crippen MR) is 46.2 cm³/mol. The van der Waals surface area contributed by atoms with Crippen molar-refractivity contribution in [2.45, 2.75) is 0 Å². The summed E-state index contributed by atoms with van der Waals surface area (Å²) in [6.45, 7) is 0. The molecule has 0 aliphatic rings. The van der Waals surface area contributed by atoms with Gasteiger partial charge in [0.15, 0.2) is 0 Å². The molecule has 0 aliphatic carbocycles. The van der Waals surface area contributed by atoms with Crippen LogP contribution in [0.5, 0.6) is 0 Å². The van der Waals surface area contributed by atoms with E-state index in [1.807, 2.05) is 43.3 Å². The van der Waals surface area contributed by atoms with Crippen LogP contribution in [-0.4, -0.2) is 21.9 Å². The summed E-state index contributed by atoms with van der Waals surface area (Å²) in [7, 11) is 9.64. The summed E-state index contributed by atoms with van der Waals surface area (Å²) in [5.74, 6) is 0. The quantitative estimate of drug-likeness (QED) is 0.503. The molecule has 0 fully saturated rings. The molecule has 0 N–H and O–H groups in total. The van der Waals surface area contributed by atoms with Crippen molar-refractivity contribution in [3.63, 3.8) is 0 Å². The summed E-state index contributed by atoms with van der Waals surface area (Å²) in [5.41, 5.74) is 1.90. The summed E-state index contributed by atoms with van der Waals surface area (Å²) in [6, 6.07) is 7.80. The van der Waals surface area contributed by atoms with Crippen LogP contribution >= 0.6 is 0 Å². The van der Waals surface area contributed by atoms with E-state index in [9.17, 15) is 0 Å². The Labute approximate surface area is 63.1 Å². The van der Waals surface area contributed by atoms with Crippen molar-refractivity contribution >= 4 is 19.0 Å². The molecule has 0 aromatic heterocycles. The van der Waals surface area contributed by atoms with Crippen LogP contribution in [0.3, 0.4) is 0 Å². The zero-order valence-electron chi connectivity index (χ0n) is 6.33. The molecule has 1 aromatic rings. The molecule has 0 heterocycles. The lowest BCUT2D eigenvalue weighted by Crippen LogP contribution is -2.18. The first-order chi connectivity index (χ1) is 4.72. The maximum atomic E-state index is 5.68. The lowest BCUT2D eigenvalue weighted by atomic mass is 9.94. The van der Waals surface area contributed by atoms with E-state index in [0.717, 1.165) is 11.2 Å². The number of hydrogen-bond donors (Lipinski definition) is 0. The van der Waals surface area contributed by atoms with Crippen LogP contribution in [0.15, 0.2) is 24.3 Å². The molecule has 2 heteroatoms. The molecule has 0 saturated carbocycles. The third-order valence-corrected chi connectivity index (χ3v) is 1.42. The monoisotopic (exact) mass is 131 g/mol. The highest BCUT2D eigenvalue weighted by Crippen LogP contribution is 2.03. The van der Waals surface area contributed by atoms with Crippen LogP contribution in [0.25, 0.3) is 0 Å². The van der Waals surface area contributed by atoms with Gasteiger partial charge in [-0.15, -0.1) is 0 Å². The van der Waals surface area contributed by atoms with E-state index in [4.69, 9.17) is 7.85 Å². The average Bonchev–Trinajstić information content (AvgIpc) is 1.88. The zero-order valence-corrected chi connectivity index (χ0v) is 6.33. The largest absolute Gasteiger partial charge is 0.378 e. The molecule has 0 saturated heterocycles. The molecule has 0 amide bonds. The van der Waals surface area contributed by atoms with E-state index in [0.29, 0.717) is 0 Å². The third kappa shape index (κ3) is 1.32. The second-order valence-electron chi connectivity index (χ2n) is 2.45. The van der Waals surface area contributed by atoms with Gasteiger partial charge in [-0.3, -0.25) is 0 Å². The van der Waals surface area contributed by atoms with Crippen molar-refractivity contribution in [2.24, 2.45) is 0 Å². The number of benzene rings is 1. The van der Waals surface area contributed by atoms with E-state index in [2.05, 4.69) is 0 Å². The van der Waals surface area contributed by atoms with Gasteiger partial charge in [0.1, 0.15) is 7.85 Å². The highest BCUT2D eigenvalue weighted by Gasteiger charge is 1.95. The topological polar surface area (TPSA) is 3.24 Å². The van der Waals surface area contributed by atoms with Gasteiger partial charge < -0.3 is 4.90 Å². The molecule has 1 rings (SSSR count). The highest BCUT2D eigenvalue weighted by atomic mass is 15.1. The second-order valence-corrected chi connectivity index (χ2v) is 2.45. The van der Waals surface area contributed by atoms with Crippen molar-refractivity contribution < 1.29 is 0 Å². The molecule has 0 spiro atoms. The number of nitrogens with zero attached hydrogens (tertiary/aromatic N) is 1. The van der Waals surface area contributed by atoms with Crippen LogP contribution in [-0.2, 0) is 0 Å². The van der Waals surface area contributed by atoms with E-state index >= 15 is 0 Å². The molecular weight excluding hydrogens is 121 g/mol. The number of para-hydroxylation sites is 1. The molecule has 50 valence electrons. The Kier molecular flexibility index (Phi) is 2.00. The number of anilines is 1. The van der Waals surface area contributed by atoms with Crippen LogP contribution in [0.4, 0.5) is 5.69 Å². The van der Waals surface area contributed by atoms with Crippen molar-refractivity contribution in [2.75, 3.05) is 19.0 Å². The third-order valence-electron chi connectivity index (χ3n) is 1.42. The Morgan fingerprint density at radius 1 is 1.20 bits per heavy atom. The first-order valence-electron chi connectivity index (χ1n) is 3.23. The summed E-state index contributed by atoms with van der Waals surface area (Å²) in [6.07, 6.45) is 0.